The van der Waals surface area contributed by atoms with Gasteiger partial charge in [0.15, 0.2) is 0 Å². The van der Waals surface area contributed by atoms with Crippen molar-refractivity contribution in [1.29, 1.82) is 0 Å². The van der Waals surface area contributed by atoms with Crippen LogP contribution in [0.4, 0.5) is 0 Å². The van der Waals surface area contributed by atoms with Crippen molar-refractivity contribution in [2.75, 3.05) is 0 Å². The number of pyridine rings is 1. The van der Waals surface area contributed by atoms with Gasteiger partial charge in [0.05, 0.1) is 5.56 Å². The number of carbonyl (C=O) groups is 1. The molecule has 1 aromatic heterocycles. The molecule has 5 heteroatoms. The normalized spacial score (nSPS) is 12.2. The molecule has 0 aromatic carbocycles. The average Bonchev–Trinajstić information content (AvgIpc) is 2.32. The van der Waals surface area contributed by atoms with Gasteiger partial charge in [0.1, 0.15) is 5.15 Å². The molecule has 1 aromatic rings. The fourth-order valence-electron chi connectivity index (χ4n) is 1.66. The Morgan fingerprint density at radius 2 is 2.28 bits per heavy atom. The number of nitrogens with zero attached hydrogens (tertiary/aromatic N) is 1. The minimum atomic E-state index is -0.169. The molecular formula is C13H18BrClN2O. The van der Waals surface area contributed by atoms with Gasteiger partial charge in [-0.05, 0) is 35.3 Å². The van der Waals surface area contributed by atoms with E-state index in [2.05, 4.69) is 33.2 Å². The molecule has 0 bridgehead atoms. The van der Waals surface area contributed by atoms with Crippen molar-refractivity contribution in [3.05, 3.63) is 27.5 Å². The van der Waals surface area contributed by atoms with Crippen molar-refractivity contribution in [2.45, 2.75) is 45.6 Å². The minimum absolute atomic E-state index is 0.152. The van der Waals surface area contributed by atoms with Crippen molar-refractivity contribution in [2.24, 2.45) is 0 Å². The van der Waals surface area contributed by atoms with E-state index >= 15 is 0 Å². The second-order valence-corrected chi connectivity index (χ2v) is 5.64. The summed E-state index contributed by atoms with van der Waals surface area (Å²) in [6.45, 7) is 4.17. The molecule has 1 atom stereocenters. The van der Waals surface area contributed by atoms with Crippen molar-refractivity contribution in [1.82, 2.24) is 10.3 Å². The van der Waals surface area contributed by atoms with Crippen molar-refractivity contribution in [3.8, 4) is 0 Å². The zero-order chi connectivity index (χ0) is 13.5. The lowest BCUT2D eigenvalue weighted by Gasteiger charge is -2.14. The molecule has 0 fully saturated rings. The number of unbranched alkanes of at least 4 members (excludes halogenated alkanes) is 2. The van der Waals surface area contributed by atoms with E-state index in [-0.39, 0.29) is 17.1 Å². The summed E-state index contributed by atoms with van der Waals surface area (Å²) in [7, 11) is 0. The van der Waals surface area contributed by atoms with Crippen LogP contribution in [0.1, 0.15) is 49.9 Å². The van der Waals surface area contributed by atoms with Crippen LogP contribution in [-0.2, 0) is 0 Å². The number of amides is 1. The van der Waals surface area contributed by atoms with Crippen LogP contribution in [0.5, 0.6) is 0 Å². The molecule has 100 valence electrons. The van der Waals surface area contributed by atoms with Gasteiger partial charge in [0.2, 0.25) is 0 Å². The first-order valence-electron chi connectivity index (χ1n) is 6.16. The number of hydrogen-bond acceptors (Lipinski definition) is 2. The molecule has 0 radical (unpaired) electrons. The van der Waals surface area contributed by atoms with Gasteiger partial charge in [-0.1, -0.05) is 37.8 Å². The Labute approximate surface area is 121 Å². The predicted octanol–water partition coefficient (Wildman–Crippen LogP) is 4.20. The van der Waals surface area contributed by atoms with Gasteiger partial charge >= 0.3 is 0 Å². The lowest BCUT2D eigenvalue weighted by molar-refractivity contribution is 0.0937. The lowest BCUT2D eigenvalue weighted by atomic mass is 10.1. The summed E-state index contributed by atoms with van der Waals surface area (Å²) in [5, 5.41) is 3.17. The zero-order valence-electron chi connectivity index (χ0n) is 10.7. The number of aromatic nitrogens is 1. The van der Waals surface area contributed by atoms with Crippen LogP contribution >= 0.6 is 27.5 Å². The van der Waals surface area contributed by atoms with Crippen LogP contribution in [0, 0.1) is 0 Å². The predicted molar refractivity (Wildman–Crippen MR) is 78.0 cm³/mol. The van der Waals surface area contributed by atoms with E-state index in [1.54, 1.807) is 12.3 Å². The van der Waals surface area contributed by atoms with Crippen LogP contribution in [0.3, 0.4) is 0 Å². The number of nitrogens with one attached hydrogen (secondary N) is 1. The van der Waals surface area contributed by atoms with E-state index < -0.39 is 0 Å². The third kappa shape index (κ3) is 4.94. The topological polar surface area (TPSA) is 42.0 Å². The fraction of sp³-hybridized carbons (Fsp3) is 0.538. The molecule has 1 amide bonds. The van der Waals surface area contributed by atoms with Crippen molar-refractivity contribution in [3.63, 3.8) is 0 Å². The standard InChI is InChI=1S/C13H18BrClN2O/c1-3-4-5-6-9(2)17-13(18)11-7-10(14)8-16-12(11)15/h7-9H,3-6H2,1-2H3,(H,17,18). The van der Waals surface area contributed by atoms with E-state index in [0.29, 0.717) is 5.56 Å². The molecule has 0 aliphatic heterocycles. The highest BCUT2D eigenvalue weighted by molar-refractivity contribution is 9.10. The molecule has 0 aliphatic carbocycles. The third-order valence-electron chi connectivity index (χ3n) is 2.67. The van der Waals surface area contributed by atoms with Crippen LogP contribution in [0.15, 0.2) is 16.7 Å². The van der Waals surface area contributed by atoms with E-state index in [4.69, 9.17) is 11.6 Å². The first kappa shape index (κ1) is 15.4. The van der Waals surface area contributed by atoms with Gasteiger partial charge in [0.25, 0.3) is 5.91 Å². The van der Waals surface area contributed by atoms with Gasteiger partial charge in [-0.2, -0.15) is 0 Å². The van der Waals surface area contributed by atoms with Gasteiger partial charge < -0.3 is 5.32 Å². The number of carbonyl (C=O) groups excluding carboxylic acids is 1. The molecule has 1 rings (SSSR count). The Kier molecular flexibility index (Phi) is 6.65. The van der Waals surface area contributed by atoms with E-state index in [1.165, 1.54) is 12.8 Å². The molecule has 18 heavy (non-hydrogen) atoms. The molecule has 0 aliphatic rings. The maximum Gasteiger partial charge on any atom is 0.254 e. The Balaban J connectivity index is 2.56. The highest BCUT2D eigenvalue weighted by atomic mass is 79.9. The summed E-state index contributed by atoms with van der Waals surface area (Å²) >= 11 is 9.19. The fourth-order valence-corrected chi connectivity index (χ4v) is 2.18. The number of hydrogen-bond donors (Lipinski definition) is 1. The van der Waals surface area contributed by atoms with E-state index in [0.717, 1.165) is 17.3 Å². The molecule has 1 unspecified atom stereocenters. The lowest BCUT2D eigenvalue weighted by Crippen LogP contribution is -2.32. The first-order chi connectivity index (χ1) is 8.54. The monoisotopic (exact) mass is 332 g/mol. The highest BCUT2D eigenvalue weighted by Gasteiger charge is 2.14. The Hall–Kier alpha value is -0.610. The van der Waals surface area contributed by atoms with Gasteiger partial charge in [-0.3, -0.25) is 4.79 Å². The molecule has 0 spiro atoms. The zero-order valence-corrected chi connectivity index (χ0v) is 13.0. The smallest absolute Gasteiger partial charge is 0.254 e. The maximum absolute atomic E-state index is 12.0. The summed E-state index contributed by atoms with van der Waals surface area (Å²) in [6.07, 6.45) is 6.06. The Bertz CT molecular complexity index is 412. The van der Waals surface area contributed by atoms with Crippen LogP contribution in [0.25, 0.3) is 0 Å². The summed E-state index contributed by atoms with van der Waals surface area (Å²) in [5.41, 5.74) is 0.411. The second-order valence-electron chi connectivity index (χ2n) is 4.36. The number of halogens is 2. The van der Waals surface area contributed by atoms with Crippen molar-refractivity contribution >= 4 is 33.4 Å². The Morgan fingerprint density at radius 1 is 1.56 bits per heavy atom. The minimum Gasteiger partial charge on any atom is -0.349 e. The van der Waals surface area contributed by atoms with Crippen molar-refractivity contribution < 1.29 is 4.79 Å². The molecule has 1 heterocycles. The molecule has 1 N–H and O–H groups in total. The summed E-state index contributed by atoms with van der Waals surface area (Å²) in [4.78, 5) is 15.9. The SMILES string of the molecule is CCCCCC(C)NC(=O)c1cc(Br)cnc1Cl. The quantitative estimate of drug-likeness (QED) is 0.626. The second kappa shape index (κ2) is 7.74. The van der Waals surface area contributed by atoms with Crippen LogP contribution < -0.4 is 5.32 Å². The van der Waals surface area contributed by atoms with Crippen LogP contribution in [-0.4, -0.2) is 16.9 Å². The summed E-state index contributed by atoms with van der Waals surface area (Å²) in [5.74, 6) is -0.169. The summed E-state index contributed by atoms with van der Waals surface area (Å²) in [6, 6.07) is 1.84. The molecule has 0 saturated heterocycles. The molecular weight excluding hydrogens is 316 g/mol. The number of rotatable bonds is 6. The average molecular weight is 334 g/mol. The first-order valence-corrected chi connectivity index (χ1v) is 7.33. The Morgan fingerprint density at radius 3 is 2.94 bits per heavy atom. The van der Waals surface area contributed by atoms with E-state index in [1.807, 2.05) is 6.92 Å². The summed E-state index contributed by atoms with van der Waals surface area (Å²) < 4.78 is 0.746. The largest absolute Gasteiger partial charge is 0.349 e. The van der Waals surface area contributed by atoms with Gasteiger partial charge in [-0.15, -0.1) is 0 Å². The molecule has 3 nitrogen and oxygen atoms in total. The van der Waals surface area contributed by atoms with Crippen LogP contribution in [0.2, 0.25) is 5.15 Å². The molecule has 0 saturated carbocycles. The van der Waals surface area contributed by atoms with Gasteiger partial charge in [0, 0.05) is 16.7 Å². The third-order valence-corrected chi connectivity index (χ3v) is 3.40. The highest BCUT2D eigenvalue weighted by Crippen LogP contribution is 2.18. The maximum atomic E-state index is 12.0. The van der Waals surface area contributed by atoms with E-state index in [9.17, 15) is 4.79 Å². The van der Waals surface area contributed by atoms with Gasteiger partial charge in [-0.25, -0.2) is 4.98 Å².